The zero-order valence-electron chi connectivity index (χ0n) is 19.4. The summed E-state index contributed by atoms with van der Waals surface area (Å²) < 4.78 is 12.0. The number of benzene rings is 1. The fourth-order valence-electron chi connectivity index (χ4n) is 4.59. The third-order valence-corrected chi connectivity index (χ3v) is 6.47. The molecule has 2 N–H and O–H groups in total. The van der Waals surface area contributed by atoms with Gasteiger partial charge in [0.1, 0.15) is 17.1 Å². The van der Waals surface area contributed by atoms with Crippen molar-refractivity contribution in [2.75, 3.05) is 43.6 Å². The number of amides is 1. The second-order valence-electron chi connectivity index (χ2n) is 8.71. The van der Waals surface area contributed by atoms with Crippen LogP contribution in [0, 0.1) is 0 Å². The number of carbonyl (C=O) groups excluding carboxylic acids is 1. The number of ether oxygens (including phenoxy) is 2. The Labute approximate surface area is 198 Å². The van der Waals surface area contributed by atoms with Crippen molar-refractivity contribution < 1.29 is 14.3 Å². The molecule has 3 heterocycles. The van der Waals surface area contributed by atoms with Crippen LogP contribution in [0.4, 0.5) is 11.5 Å². The normalized spacial score (nSPS) is 20.7. The summed E-state index contributed by atoms with van der Waals surface area (Å²) in [5.41, 5.74) is 3.32. The number of nitrogens with one attached hydrogen (secondary N) is 2. The number of carbonyl (C=O) groups is 1. The molecule has 1 aliphatic carbocycles. The zero-order chi connectivity index (χ0) is 23.3. The lowest BCUT2D eigenvalue weighted by molar-refractivity contribution is 0.0962. The molecule has 2 aliphatic rings. The maximum absolute atomic E-state index is 11.7. The van der Waals surface area contributed by atoms with Crippen molar-refractivity contribution in [1.82, 2.24) is 20.3 Å². The topological polar surface area (TPSA) is 102 Å². The number of anilines is 2. The monoisotopic (exact) mass is 462 g/mol. The first-order valence-corrected chi connectivity index (χ1v) is 11.9. The minimum Gasteiger partial charge on any atom is -0.488 e. The highest BCUT2D eigenvalue weighted by molar-refractivity contribution is 5.93. The largest absolute Gasteiger partial charge is 0.488 e. The summed E-state index contributed by atoms with van der Waals surface area (Å²) in [7, 11) is 1.61. The quantitative estimate of drug-likeness (QED) is 0.577. The van der Waals surface area contributed by atoms with Gasteiger partial charge in [0, 0.05) is 56.5 Å². The number of hydrogen-bond acceptors (Lipinski definition) is 8. The van der Waals surface area contributed by atoms with Crippen molar-refractivity contribution in [1.29, 1.82) is 0 Å². The summed E-state index contributed by atoms with van der Waals surface area (Å²) in [5.74, 6) is 1.46. The number of aromatic nitrogens is 3. The maximum atomic E-state index is 11.7. The highest BCUT2D eigenvalue weighted by Crippen LogP contribution is 2.33. The molecule has 34 heavy (non-hydrogen) atoms. The molecule has 1 saturated heterocycles. The van der Waals surface area contributed by atoms with Crippen LogP contribution in [0.5, 0.6) is 5.75 Å². The molecule has 1 aromatic carbocycles. The Balaban J connectivity index is 1.23. The van der Waals surface area contributed by atoms with Crippen molar-refractivity contribution in [3.05, 3.63) is 48.4 Å². The molecule has 0 radical (unpaired) electrons. The van der Waals surface area contributed by atoms with Crippen molar-refractivity contribution in [3.8, 4) is 5.75 Å². The highest BCUT2D eigenvalue weighted by atomic mass is 16.5. The maximum Gasteiger partial charge on any atom is 0.252 e. The van der Waals surface area contributed by atoms with Crippen LogP contribution in [-0.2, 0) is 4.74 Å². The van der Waals surface area contributed by atoms with E-state index < -0.39 is 0 Å². The first kappa shape index (κ1) is 22.3. The summed E-state index contributed by atoms with van der Waals surface area (Å²) in [6.45, 7) is 3.18. The molecule has 9 heteroatoms. The molecule has 0 atom stereocenters. The van der Waals surface area contributed by atoms with E-state index >= 15 is 0 Å². The number of pyridine rings is 1. The van der Waals surface area contributed by atoms with Gasteiger partial charge in [0.05, 0.1) is 30.4 Å². The molecule has 3 aromatic rings. The second-order valence-corrected chi connectivity index (χ2v) is 8.71. The summed E-state index contributed by atoms with van der Waals surface area (Å²) in [4.78, 5) is 27.5. The van der Waals surface area contributed by atoms with E-state index in [1.54, 1.807) is 31.7 Å². The average molecular weight is 463 g/mol. The van der Waals surface area contributed by atoms with Gasteiger partial charge in [-0.15, -0.1) is 0 Å². The third-order valence-electron chi connectivity index (χ3n) is 6.47. The number of morpholine rings is 1. The molecule has 5 rings (SSSR count). The van der Waals surface area contributed by atoms with E-state index in [9.17, 15) is 4.79 Å². The van der Waals surface area contributed by atoms with E-state index in [1.165, 1.54) is 0 Å². The summed E-state index contributed by atoms with van der Waals surface area (Å²) in [6, 6.07) is 8.16. The molecule has 2 aromatic heterocycles. The van der Waals surface area contributed by atoms with Crippen LogP contribution in [0.1, 0.15) is 36.0 Å². The van der Waals surface area contributed by atoms with E-state index in [1.807, 2.05) is 6.07 Å². The number of rotatable bonds is 6. The van der Waals surface area contributed by atoms with E-state index in [0.717, 1.165) is 80.3 Å². The molecule has 0 bridgehead atoms. The number of nitrogens with zero attached hydrogens (tertiary/aromatic N) is 4. The van der Waals surface area contributed by atoms with E-state index in [2.05, 4.69) is 42.6 Å². The van der Waals surface area contributed by atoms with Crippen molar-refractivity contribution in [2.45, 2.75) is 37.8 Å². The standard InChI is InChI=1S/C25H30N6O3/c1-26-25(32)17-2-7-23(29-16-17)30-18-3-5-20(6-4-18)34-22-15-19(31-10-12-33-13-11-31)14-21-24(22)28-9-8-27-21/h2,7-9,14-16,18,20H,3-6,10-13H2,1H3,(H,26,32)(H,29,30)/t18-,20+. The number of fused-ring (bicyclic) bond motifs is 1. The second kappa shape index (κ2) is 10.2. The Morgan fingerprint density at radius 3 is 2.59 bits per heavy atom. The predicted molar refractivity (Wildman–Crippen MR) is 130 cm³/mol. The van der Waals surface area contributed by atoms with Gasteiger partial charge in [-0.3, -0.25) is 9.78 Å². The van der Waals surface area contributed by atoms with Gasteiger partial charge in [0.25, 0.3) is 5.91 Å². The average Bonchev–Trinajstić information content (AvgIpc) is 2.90. The molecule has 0 spiro atoms. The molecular weight excluding hydrogens is 432 g/mol. The van der Waals surface area contributed by atoms with Gasteiger partial charge < -0.3 is 25.0 Å². The van der Waals surface area contributed by atoms with Gasteiger partial charge in [-0.05, 0) is 43.9 Å². The zero-order valence-corrected chi connectivity index (χ0v) is 19.4. The smallest absolute Gasteiger partial charge is 0.252 e. The SMILES string of the molecule is CNC(=O)c1ccc(N[C@H]2CC[C@@H](Oc3cc(N4CCOCC4)cc4nccnc34)CC2)nc1. The van der Waals surface area contributed by atoms with Gasteiger partial charge in [0.2, 0.25) is 0 Å². The summed E-state index contributed by atoms with van der Waals surface area (Å²) >= 11 is 0. The molecule has 0 unspecified atom stereocenters. The van der Waals surface area contributed by atoms with Gasteiger partial charge in [-0.2, -0.15) is 0 Å². The molecule has 1 aliphatic heterocycles. The molecule has 1 saturated carbocycles. The highest BCUT2D eigenvalue weighted by Gasteiger charge is 2.24. The van der Waals surface area contributed by atoms with E-state index in [4.69, 9.17) is 9.47 Å². The minimum atomic E-state index is -0.133. The first-order chi connectivity index (χ1) is 16.7. The van der Waals surface area contributed by atoms with Crippen LogP contribution in [-0.4, -0.2) is 66.4 Å². The van der Waals surface area contributed by atoms with Gasteiger partial charge >= 0.3 is 0 Å². The van der Waals surface area contributed by atoms with Crippen LogP contribution in [0.3, 0.4) is 0 Å². The molecular formula is C25H30N6O3. The van der Waals surface area contributed by atoms with Crippen LogP contribution in [0.25, 0.3) is 11.0 Å². The van der Waals surface area contributed by atoms with Gasteiger partial charge in [-0.1, -0.05) is 0 Å². The van der Waals surface area contributed by atoms with Crippen molar-refractivity contribution in [3.63, 3.8) is 0 Å². The van der Waals surface area contributed by atoms with Crippen LogP contribution in [0.15, 0.2) is 42.9 Å². The van der Waals surface area contributed by atoms with Gasteiger partial charge in [-0.25, -0.2) is 9.97 Å². The summed E-state index contributed by atoms with van der Waals surface area (Å²) in [6.07, 6.45) is 9.02. The Morgan fingerprint density at radius 1 is 1.06 bits per heavy atom. The number of hydrogen-bond donors (Lipinski definition) is 2. The van der Waals surface area contributed by atoms with Crippen LogP contribution in [0.2, 0.25) is 0 Å². The molecule has 1 amide bonds. The van der Waals surface area contributed by atoms with Crippen molar-refractivity contribution in [2.24, 2.45) is 0 Å². The Bertz CT molecular complexity index is 1130. The molecule has 9 nitrogen and oxygen atoms in total. The third kappa shape index (κ3) is 5.04. The van der Waals surface area contributed by atoms with E-state index in [-0.39, 0.29) is 12.0 Å². The van der Waals surface area contributed by atoms with Crippen LogP contribution >= 0.6 is 0 Å². The fourth-order valence-corrected chi connectivity index (χ4v) is 4.59. The lowest BCUT2D eigenvalue weighted by atomic mass is 9.93. The Morgan fingerprint density at radius 2 is 1.85 bits per heavy atom. The Hall–Kier alpha value is -3.46. The lowest BCUT2D eigenvalue weighted by Crippen LogP contribution is -2.36. The molecule has 178 valence electrons. The molecule has 2 fully saturated rings. The lowest BCUT2D eigenvalue weighted by Gasteiger charge is -2.31. The summed E-state index contributed by atoms with van der Waals surface area (Å²) in [5, 5.41) is 6.10. The van der Waals surface area contributed by atoms with Gasteiger partial charge in [0.15, 0.2) is 0 Å². The van der Waals surface area contributed by atoms with E-state index in [0.29, 0.717) is 11.6 Å². The first-order valence-electron chi connectivity index (χ1n) is 11.9. The minimum absolute atomic E-state index is 0.131. The predicted octanol–water partition coefficient (Wildman–Crippen LogP) is 3.02. The van der Waals surface area contributed by atoms with Crippen molar-refractivity contribution >= 4 is 28.4 Å². The van der Waals surface area contributed by atoms with Crippen LogP contribution < -0.4 is 20.3 Å². The Kier molecular flexibility index (Phi) is 6.71. The fraction of sp³-hybridized carbons (Fsp3) is 0.440.